The minimum absolute atomic E-state index is 0.408. The Bertz CT molecular complexity index is 1490. The monoisotopic (exact) mass is 610 g/mol. The first-order valence-corrected chi connectivity index (χ1v) is 14.5. The Morgan fingerprint density at radius 1 is 0.690 bits per heavy atom. The van der Waals surface area contributed by atoms with Gasteiger partial charge in [0, 0.05) is 75.6 Å². The molecule has 2 N–H and O–H groups in total. The number of rotatable bonds is 9. The van der Waals surface area contributed by atoms with Gasteiger partial charge < -0.3 is 10.6 Å². The molecule has 2 fully saturated rings. The van der Waals surface area contributed by atoms with Gasteiger partial charge >= 0.3 is 0 Å². The maximum Gasteiger partial charge on any atom is 0.149 e. The largest absolute Gasteiger partial charge is 0.372 e. The van der Waals surface area contributed by atoms with E-state index >= 15 is 0 Å². The van der Waals surface area contributed by atoms with Crippen LogP contribution < -0.4 is 10.6 Å². The van der Waals surface area contributed by atoms with Gasteiger partial charge in [0.05, 0.1) is 45.2 Å². The third-order valence-corrected chi connectivity index (χ3v) is 8.40. The zero-order valence-corrected chi connectivity index (χ0v) is 24.7. The van der Waals surface area contributed by atoms with Gasteiger partial charge in [-0.15, -0.1) is 0 Å². The predicted octanol–water partition coefficient (Wildman–Crippen LogP) is 5.97. The second kappa shape index (κ2) is 12.0. The van der Waals surface area contributed by atoms with E-state index in [1.807, 2.05) is 46.2 Å². The van der Waals surface area contributed by atoms with Crippen molar-refractivity contribution in [3.05, 3.63) is 70.2 Å². The third-order valence-electron chi connectivity index (χ3n) is 7.58. The van der Waals surface area contributed by atoms with Crippen molar-refractivity contribution in [2.75, 3.05) is 50.9 Å². The van der Waals surface area contributed by atoms with Crippen molar-refractivity contribution in [2.45, 2.75) is 25.4 Å². The fourth-order valence-corrected chi connectivity index (χ4v) is 5.94. The first-order chi connectivity index (χ1) is 20.3. The van der Waals surface area contributed by atoms with Crippen LogP contribution in [-0.4, -0.2) is 82.4 Å². The standard InChI is InChI=1S/C30H30Cl2F2N8/c1-35-29-25(15-41-11-17(33)12-41)37-9-23(39-29)21-7-3-5-19(27(21)31)20-6-4-8-22(28(20)32)24-10-38-26(30(36-2)40-24)16-42-13-18(34)14-42/h3-10,17-18H,11-16H2,1-2H3,(H,35,39)(H,36,40). The molecule has 2 aliphatic heterocycles. The van der Waals surface area contributed by atoms with Crippen LogP contribution >= 0.6 is 23.2 Å². The normalized spacial score (nSPS) is 16.2. The summed E-state index contributed by atoms with van der Waals surface area (Å²) in [6.07, 6.45) is 1.83. The lowest BCUT2D eigenvalue weighted by molar-refractivity contribution is 0.0580. The topological polar surface area (TPSA) is 82.1 Å². The summed E-state index contributed by atoms with van der Waals surface area (Å²) in [5.74, 6) is 1.24. The van der Waals surface area contributed by atoms with Crippen LogP contribution in [0.25, 0.3) is 33.6 Å². The number of alkyl halides is 2. The molecule has 4 aromatic rings. The highest BCUT2D eigenvalue weighted by Gasteiger charge is 2.28. The molecule has 0 aliphatic carbocycles. The highest BCUT2D eigenvalue weighted by atomic mass is 35.5. The molecule has 0 bridgehead atoms. The van der Waals surface area contributed by atoms with Crippen molar-refractivity contribution >= 4 is 34.8 Å². The fourth-order valence-electron chi connectivity index (χ4n) is 5.29. The van der Waals surface area contributed by atoms with E-state index in [-0.39, 0.29) is 0 Å². The van der Waals surface area contributed by atoms with Crippen LogP contribution in [0.15, 0.2) is 48.8 Å². The highest BCUT2D eigenvalue weighted by molar-refractivity contribution is 6.39. The van der Waals surface area contributed by atoms with Crippen molar-refractivity contribution in [3.8, 4) is 33.6 Å². The van der Waals surface area contributed by atoms with Gasteiger partial charge in [-0.25, -0.2) is 18.7 Å². The number of nitrogens with zero attached hydrogens (tertiary/aromatic N) is 6. The second-order valence-electron chi connectivity index (χ2n) is 10.5. The molecule has 0 atom stereocenters. The van der Waals surface area contributed by atoms with E-state index < -0.39 is 12.3 Å². The number of hydrogen-bond acceptors (Lipinski definition) is 8. The zero-order chi connectivity index (χ0) is 29.4. The lowest BCUT2D eigenvalue weighted by Gasteiger charge is -2.34. The molecule has 2 saturated heterocycles. The minimum Gasteiger partial charge on any atom is -0.372 e. The first-order valence-electron chi connectivity index (χ1n) is 13.7. The molecular formula is C30H30Cl2F2N8. The number of benzene rings is 2. The third kappa shape index (κ3) is 5.64. The molecular weight excluding hydrogens is 581 g/mol. The van der Waals surface area contributed by atoms with E-state index in [2.05, 4.69) is 20.6 Å². The number of likely N-dealkylation sites (tertiary alicyclic amines) is 2. The van der Waals surface area contributed by atoms with Gasteiger partial charge in [-0.2, -0.15) is 0 Å². The lowest BCUT2D eigenvalue weighted by atomic mass is 9.98. The molecule has 0 radical (unpaired) electrons. The molecule has 0 unspecified atom stereocenters. The van der Waals surface area contributed by atoms with Crippen molar-refractivity contribution in [3.63, 3.8) is 0 Å². The SMILES string of the molecule is CNc1nc(-c2cccc(-c3cccc(-c4cnc(CN5CC(F)C5)c(NC)n4)c3Cl)c2Cl)cnc1CN1CC(F)C1. The summed E-state index contributed by atoms with van der Waals surface area (Å²) in [7, 11) is 3.57. The average Bonchev–Trinajstić information content (AvgIpc) is 2.96. The Morgan fingerprint density at radius 2 is 1.07 bits per heavy atom. The van der Waals surface area contributed by atoms with Crippen LogP contribution in [0.4, 0.5) is 20.4 Å². The fraction of sp³-hybridized carbons (Fsp3) is 0.333. The van der Waals surface area contributed by atoms with E-state index in [0.717, 1.165) is 22.5 Å². The van der Waals surface area contributed by atoms with Gasteiger partial charge in [-0.3, -0.25) is 19.8 Å². The predicted molar refractivity (Wildman–Crippen MR) is 163 cm³/mol. The van der Waals surface area contributed by atoms with Crippen molar-refractivity contribution in [1.82, 2.24) is 29.7 Å². The molecule has 2 aromatic carbocycles. The van der Waals surface area contributed by atoms with E-state index in [4.69, 9.17) is 33.2 Å². The Labute approximate surface area is 253 Å². The molecule has 6 rings (SSSR count). The quantitative estimate of drug-likeness (QED) is 0.240. The van der Waals surface area contributed by atoms with Gasteiger partial charge in [-0.05, 0) is 0 Å². The van der Waals surface area contributed by atoms with Crippen LogP contribution in [0.1, 0.15) is 11.4 Å². The number of nitrogens with one attached hydrogen (secondary N) is 2. The van der Waals surface area contributed by atoms with Crippen LogP contribution in [0.2, 0.25) is 10.0 Å². The van der Waals surface area contributed by atoms with Gasteiger partial charge in [0.15, 0.2) is 0 Å². The molecule has 0 spiro atoms. The summed E-state index contributed by atoms with van der Waals surface area (Å²) in [5, 5.41) is 7.19. The number of anilines is 2. The lowest BCUT2D eigenvalue weighted by Crippen LogP contribution is -2.47. The Hall–Kier alpha value is -3.44. The molecule has 2 aromatic heterocycles. The van der Waals surface area contributed by atoms with Gasteiger partial charge in [0.25, 0.3) is 0 Å². The van der Waals surface area contributed by atoms with E-state index in [1.165, 1.54) is 0 Å². The minimum atomic E-state index is -0.777. The molecule has 42 heavy (non-hydrogen) atoms. The molecule has 4 heterocycles. The highest BCUT2D eigenvalue weighted by Crippen LogP contribution is 2.42. The van der Waals surface area contributed by atoms with Gasteiger partial charge in [-0.1, -0.05) is 59.6 Å². The molecule has 12 heteroatoms. The summed E-state index contributed by atoms with van der Waals surface area (Å²) >= 11 is 14.0. The average molecular weight is 612 g/mol. The molecule has 8 nitrogen and oxygen atoms in total. The van der Waals surface area contributed by atoms with Crippen molar-refractivity contribution < 1.29 is 8.78 Å². The summed E-state index contributed by atoms with van der Waals surface area (Å²) in [5.41, 5.74) is 5.62. The second-order valence-corrected chi connectivity index (χ2v) is 11.3. The van der Waals surface area contributed by atoms with Gasteiger partial charge in [0.2, 0.25) is 0 Å². The van der Waals surface area contributed by atoms with Crippen LogP contribution in [0.3, 0.4) is 0 Å². The van der Waals surface area contributed by atoms with Crippen LogP contribution in [0.5, 0.6) is 0 Å². The number of hydrogen-bond donors (Lipinski definition) is 2. The Balaban J connectivity index is 1.30. The Morgan fingerprint density at radius 3 is 1.43 bits per heavy atom. The Kier molecular flexibility index (Phi) is 8.22. The summed E-state index contributed by atoms with van der Waals surface area (Å²) in [4.78, 5) is 22.8. The van der Waals surface area contributed by atoms with Gasteiger partial charge in [0.1, 0.15) is 24.0 Å². The molecule has 218 valence electrons. The van der Waals surface area contributed by atoms with Crippen molar-refractivity contribution in [2.24, 2.45) is 0 Å². The van der Waals surface area contributed by atoms with Crippen LogP contribution in [0, 0.1) is 0 Å². The summed E-state index contributed by atoms with van der Waals surface area (Å²) in [6.45, 7) is 2.68. The first kappa shape index (κ1) is 28.7. The maximum absolute atomic E-state index is 13.3. The molecule has 0 amide bonds. The van der Waals surface area contributed by atoms with E-state index in [9.17, 15) is 8.78 Å². The van der Waals surface area contributed by atoms with Crippen molar-refractivity contribution in [1.29, 1.82) is 0 Å². The molecule has 0 saturated carbocycles. The molecule has 2 aliphatic rings. The zero-order valence-electron chi connectivity index (χ0n) is 23.2. The maximum atomic E-state index is 13.3. The summed E-state index contributed by atoms with van der Waals surface area (Å²) in [6, 6.07) is 11.4. The number of aromatic nitrogens is 4. The van der Waals surface area contributed by atoms with Crippen LogP contribution in [-0.2, 0) is 13.1 Å². The summed E-state index contributed by atoms with van der Waals surface area (Å²) < 4.78 is 26.6. The van der Waals surface area contributed by atoms with E-state index in [1.54, 1.807) is 26.5 Å². The van der Waals surface area contributed by atoms with E-state index in [0.29, 0.717) is 83.5 Å². The smallest absolute Gasteiger partial charge is 0.149 e. The number of halogens is 4.